The van der Waals surface area contributed by atoms with Crippen molar-refractivity contribution in [2.45, 2.75) is 241 Å². The van der Waals surface area contributed by atoms with Crippen LogP contribution in [0.25, 0.3) is 0 Å². The van der Waals surface area contributed by atoms with Crippen molar-refractivity contribution >= 4 is 5.97 Å². The topological polar surface area (TPSA) is 343 Å². The maximum Gasteiger partial charge on any atom is 0.317 e. The van der Waals surface area contributed by atoms with Gasteiger partial charge in [-0.15, -0.1) is 0 Å². The first kappa shape index (κ1) is 56.4. The fraction of sp³-hybridized carbons (Fsp3) is 0.906. The normalized spacial score (nSPS) is 56.3. The van der Waals surface area contributed by atoms with E-state index in [1.807, 2.05) is 13.8 Å². The molecular formula is C53H82O22. The van der Waals surface area contributed by atoms with Crippen molar-refractivity contribution in [2.24, 2.45) is 38.9 Å². The van der Waals surface area contributed by atoms with Gasteiger partial charge in [0.25, 0.3) is 0 Å². The third kappa shape index (κ3) is 8.27. The predicted molar refractivity (Wildman–Crippen MR) is 255 cm³/mol. The molecule has 9 fully saturated rings. The van der Waals surface area contributed by atoms with E-state index in [1.54, 1.807) is 0 Å². The molecule has 12 N–H and O–H groups in total. The molecule has 6 heterocycles. The lowest BCUT2D eigenvalue weighted by molar-refractivity contribution is -0.401. The number of carbonyl (C=O) groups is 1. The molecule has 426 valence electrons. The third-order valence-corrected chi connectivity index (χ3v) is 21.2. The Labute approximate surface area is 436 Å². The fourth-order valence-electron chi connectivity index (χ4n) is 16.2. The molecule has 0 aromatic heterocycles. The molecule has 22 nitrogen and oxygen atoms in total. The summed E-state index contributed by atoms with van der Waals surface area (Å²) in [6.45, 7) is 14.4. The number of ether oxygens (including phenoxy) is 9. The maximum atomic E-state index is 13.9. The average Bonchev–Trinajstić information content (AvgIpc) is 3.36. The molecule has 2 bridgehead atoms. The molecule has 6 saturated heterocycles. The molecule has 0 aromatic rings. The van der Waals surface area contributed by atoms with Gasteiger partial charge in [-0.3, -0.25) is 4.79 Å². The Morgan fingerprint density at radius 1 is 0.613 bits per heavy atom. The van der Waals surface area contributed by atoms with Gasteiger partial charge < -0.3 is 104 Å². The molecule has 11 aliphatic rings. The van der Waals surface area contributed by atoms with E-state index in [1.165, 1.54) is 6.92 Å². The van der Waals surface area contributed by atoms with Crippen LogP contribution in [-0.2, 0) is 47.4 Å². The highest BCUT2D eigenvalue weighted by Crippen LogP contribution is 2.75. The van der Waals surface area contributed by atoms with E-state index in [4.69, 9.17) is 42.6 Å². The number of rotatable bonds is 10. The van der Waals surface area contributed by atoms with E-state index in [-0.39, 0.29) is 34.1 Å². The number of hydrogen-bond donors (Lipinski definition) is 12. The van der Waals surface area contributed by atoms with Crippen molar-refractivity contribution in [3.05, 3.63) is 23.3 Å². The molecule has 6 aliphatic heterocycles. The van der Waals surface area contributed by atoms with Gasteiger partial charge in [-0.2, -0.15) is 0 Å². The zero-order valence-electron chi connectivity index (χ0n) is 44.1. The molecule has 1 spiro atoms. The number of aliphatic hydroxyl groups is 12. The van der Waals surface area contributed by atoms with Gasteiger partial charge in [-0.1, -0.05) is 46.8 Å². The first-order chi connectivity index (χ1) is 35.1. The second-order valence-electron chi connectivity index (χ2n) is 25.4. The zero-order valence-corrected chi connectivity index (χ0v) is 44.1. The van der Waals surface area contributed by atoms with Gasteiger partial charge in [0.1, 0.15) is 96.7 Å². The lowest BCUT2D eigenvalue weighted by Crippen LogP contribution is -2.71. The molecule has 11 rings (SSSR count). The molecule has 28 atom stereocenters. The smallest absolute Gasteiger partial charge is 0.317 e. The summed E-state index contributed by atoms with van der Waals surface area (Å²) in [4.78, 5) is 13.9. The van der Waals surface area contributed by atoms with Crippen LogP contribution in [-0.4, -0.2) is 221 Å². The molecule has 0 unspecified atom stereocenters. The first-order valence-corrected chi connectivity index (χ1v) is 27.0. The highest BCUT2D eigenvalue weighted by Gasteiger charge is 2.74. The molecule has 5 aliphatic carbocycles. The third-order valence-electron chi connectivity index (χ3n) is 21.2. The standard InChI is InChI=1S/C53H82O22/c1-22-30(57)33(60)36(63)42(68-22)74-40-38(72-45-39(35(62)32(59)26(20-55)70-45)73-43-37(64)34(61)31(58)25(19-54)69-43)24(56)21-67-44(40)71-29-12-13-48(4)27(47(29,2)3)11-14-50(6)28(48)10-9-23-41-52(8,66)51(7)16-18-53(41,46(65)75-51)17-15-49(23,50)5/h9-10,22,24-40,42-45,54-64,66H,11-21H2,1-8H3/t22-,24-,25+,26+,27+,28+,29-,30-,31+,32+,33+,34-,35-,36+,37+,38-,39+,40+,42-,43-,44+,45-,48-,49+,50+,51-,52-,53+/m0/s1. The first-order valence-electron chi connectivity index (χ1n) is 27.0. The van der Waals surface area contributed by atoms with E-state index < -0.39 is 165 Å². The van der Waals surface area contributed by atoms with Crippen molar-refractivity contribution in [1.82, 2.24) is 0 Å². The second kappa shape index (κ2) is 19.4. The highest BCUT2D eigenvalue weighted by atomic mass is 16.8. The Kier molecular flexibility index (Phi) is 14.6. The number of allylic oxidation sites excluding steroid dienone is 3. The van der Waals surface area contributed by atoms with Crippen LogP contribution in [0.3, 0.4) is 0 Å². The Morgan fingerprint density at radius 3 is 1.85 bits per heavy atom. The molecule has 22 heteroatoms. The summed E-state index contributed by atoms with van der Waals surface area (Å²) >= 11 is 0. The van der Waals surface area contributed by atoms with Crippen molar-refractivity contribution in [3.63, 3.8) is 0 Å². The molecular weight excluding hydrogens is 989 g/mol. The van der Waals surface area contributed by atoms with Gasteiger partial charge in [-0.25, -0.2) is 0 Å². The van der Waals surface area contributed by atoms with Gasteiger partial charge in [0, 0.05) is 0 Å². The maximum absolute atomic E-state index is 13.9. The van der Waals surface area contributed by atoms with Gasteiger partial charge >= 0.3 is 5.97 Å². The van der Waals surface area contributed by atoms with Gasteiger partial charge in [0.2, 0.25) is 0 Å². The van der Waals surface area contributed by atoms with Gasteiger partial charge in [0.05, 0.1) is 37.4 Å². The molecule has 0 radical (unpaired) electrons. The minimum atomic E-state index is -1.96. The van der Waals surface area contributed by atoms with Crippen LogP contribution in [0.5, 0.6) is 0 Å². The number of esters is 1. The molecule has 0 aromatic carbocycles. The van der Waals surface area contributed by atoms with Crippen molar-refractivity contribution in [2.75, 3.05) is 19.8 Å². The zero-order chi connectivity index (χ0) is 54.5. The Bertz CT molecular complexity index is 2210. The van der Waals surface area contributed by atoms with Crippen LogP contribution in [0.4, 0.5) is 0 Å². The predicted octanol–water partition coefficient (Wildman–Crippen LogP) is -1.32. The summed E-state index contributed by atoms with van der Waals surface area (Å²) in [5.74, 6) is -0.0715. The Balaban J connectivity index is 0.949. The average molecular weight is 1070 g/mol. The van der Waals surface area contributed by atoms with Crippen LogP contribution in [0.1, 0.15) is 107 Å². The summed E-state index contributed by atoms with van der Waals surface area (Å²) in [6, 6.07) is 0. The van der Waals surface area contributed by atoms with Crippen LogP contribution in [0.15, 0.2) is 23.3 Å². The van der Waals surface area contributed by atoms with Crippen LogP contribution in [0, 0.1) is 38.9 Å². The van der Waals surface area contributed by atoms with Crippen LogP contribution >= 0.6 is 0 Å². The fourth-order valence-corrected chi connectivity index (χ4v) is 16.2. The number of carbonyl (C=O) groups excluding carboxylic acids is 1. The minimum absolute atomic E-state index is 0.0720. The summed E-state index contributed by atoms with van der Waals surface area (Å²) in [6.07, 6.45) is -22.3. The SMILES string of the molecule is C[C@@H]1O[C@@H](O[C@H]2[C@@H](O[C@H]3CC[C@@]4(C)[C@H](CC[C@]5(C)[C@@H]4C=CC4=C6[C@]7(CC[C@](C)(OC7=O)[C@@]6(C)O)CC[C@]45C)C3(C)C)OC[C@H](O)[C@@H]2O[C@@H]2O[C@H](CO)[C@@H](O)[C@H](O)[C@H]2O[C@@H]2O[C@H](CO)[C@@H](O)[C@H](O)[C@H]2O)[C@H](O)[C@H](O)[C@H]1O. The van der Waals surface area contributed by atoms with Crippen molar-refractivity contribution in [1.29, 1.82) is 0 Å². The Morgan fingerprint density at radius 2 is 1.20 bits per heavy atom. The van der Waals surface area contributed by atoms with E-state index in [0.717, 1.165) is 30.4 Å². The summed E-state index contributed by atoms with van der Waals surface area (Å²) in [5, 5.41) is 131. The minimum Gasteiger partial charge on any atom is -0.455 e. The Hall–Kier alpha value is -1.85. The van der Waals surface area contributed by atoms with E-state index in [2.05, 4.69) is 46.8 Å². The van der Waals surface area contributed by atoms with E-state index in [9.17, 15) is 66.1 Å². The molecule has 0 amide bonds. The van der Waals surface area contributed by atoms with Crippen molar-refractivity contribution < 1.29 is 109 Å². The highest BCUT2D eigenvalue weighted by molar-refractivity contribution is 5.86. The lowest BCUT2D eigenvalue weighted by atomic mass is 9.35. The molecule has 75 heavy (non-hydrogen) atoms. The number of fused-ring (bicyclic) bond motifs is 7. The lowest BCUT2D eigenvalue weighted by Gasteiger charge is -2.71. The second-order valence-corrected chi connectivity index (χ2v) is 25.4. The van der Waals surface area contributed by atoms with Gasteiger partial charge in [-0.05, 0) is 117 Å². The molecule has 3 saturated carbocycles. The van der Waals surface area contributed by atoms with E-state index >= 15 is 0 Å². The summed E-state index contributed by atoms with van der Waals surface area (Å²) in [7, 11) is 0. The summed E-state index contributed by atoms with van der Waals surface area (Å²) in [5.41, 5.74) is -2.80. The number of aliphatic hydroxyl groups excluding tert-OH is 11. The van der Waals surface area contributed by atoms with Crippen molar-refractivity contribution in [3.8, 4) is 0 Å². The van der Waals surface area contributed by atoms with E-state index in [0.29, 0.717) is 32.1 Å². The van der Waals surface area contributed by atoms with Crippen LogP contribution in [0.2, 0.25) is 0 Å². The quantitative estimate of drug-likeness (QED) is 0.0892. The summed E-state index contributed by atoms with van der Waals surface area (Å²) < 4.78 is 55.6. The number of hydrogen-bond acceptors (Lipinski definition) is 22. The monoisotopic (exact) mass is 1070 g/mol. The van der Waals surface area contributed by atoms with Gasteiger partial charge in [0.15, 0.2) is 25.2 Å². The largest absolute Gasteiger partial charge is 0.455 e. The van der Waals surface area contributed by atoms with Crippen LogP contribution < -0.4 is 0 Å².